The van der Waals surface area contributed by atoms with E-state index in [1.165, 1.54) is 24.3 Å². The van der Waals surface area contributed by atoms with Crippen LogP contribution in [0.5, 0.6) is 0 Å². The van der Waals surface area contributed by atoms with E-state index < -0.39 is 0 Å². The fourth-order valence-corrected chi connectivity index (χ4v) is 2.88. The molecule has 2 aromatic rings. The topological polar surface area (TPSA) is 62.6 Å². The van der Waals surface area contributed by atoms with E-state index in [0.717, 1.165) is 12.8 Å². The molecule has 0 saturated carbocycles. The van der Waals surface area contributed by atoms with Crippen molar-refractivity contribution in [1.29, 1.82) is 0 Å². The second-order valence-electron chi connectivity index (χ2n) is 5.89. The number of carbonyl (C=O) groups excluding carboxylic acids is 2. The Kier molecular flexibility index (Phi) is 4.93. The minimum Gasteiger partial charge on any atom is -0.467 e. The normalized spacial score (nSPS) is 17.5. The number of halogens is 1. The van der Waals surface area contributed by atoms with Crippen LogP contribution in [0.25, 0.3) is 0 Å². The van der Waals surface area contributed by atoms with Crippen LogP contribution in [0, 0.1) is 11.7 Å². The zero-order valence-corrected chi connectivity index (χ0v) is 13.2. The Morgan fingerprint density at radius 3 is 2.75 bits per heavy atom. The summed E-state index contributed by atoms with van der Waals surface area (Å²) in [7, 11) is 0. The first-order valence-corrected chi connectivity index (χ1v) is 7.98. The first kappa shape index (κ1) is 16.2. The zero-order chi connectivity index (χ0) is 16.9. The number of hydrogen-bond acceptors (Lipinski definition) is 3. The van der Waals surface area contributed by atoms with Crippen molar-refractivity contribution in [1.82, 2.24) is 10.2 Å². The van der Waals surface area contributed by atoms with Crippen LogP contribution in [0.3, 0.4) is 0 Å². The van der Waals surface area contributed by atoms with Crippen LogP contribution in [-0.4, -0.2) is 29.8 Å². The number of benzene rings is 1. The summed E-state index contributed by atoms with van der Waals surface area (Å²) in [6, 6.07) is 9.04. The summed E-state index contributed by atoms with van der Waals surface area (Å²) in [5, 5.41) is 2.84. The van der Waals surface area contributed by atoms with E-state index in [2.05, 4.69) is 5.32 Å². The molecule has 5 nitrogen and oxygen atoms in total. The van der Waals surface area contributed by atoms with Crippen molar-refractivity contribution in [3.63, 3.8) is 0 Å². The maximum atomic E-state index is 13.0. The largest absolute Gasteiger partial charge is 0.467 e. The average Bonchev–Trinajstić information content (AvgIpc) is 3.13. The van der Waals surface area contributed by atoms with Crippen LogP contribution >= 0.6 is 0 Å². The Hall–Kier alpha value is -2.63. The van der Waals surface area contributed by atoms with Gasteiger partial charge >= 0.3 is 0 Å². The number of furan rings is 1. The number of hydrogen-bond donors (Lipinski definition) is 1. The number of rotatable bonds is 4. The van der Waals surface area contributed by atoms with Crippen LogP contribution < -0.4 is 5.32 Å². The fraction of sp³-hybridized carbons (Fsp3) is 0.333. The number of carbonyl (C=O) groups is 2. The Bertz CT molecular complexity index is 698. The van der Waals surface area contributed by atoms with Crippen molar-refractivity contribution in [2.24, 2.45) is 5.92 Å². The van der Waals surface area contributed by atoms with Gasteiger partial charge in [0.1, 0.15) is 11.6 Å². The molecule has 1 aliphatic rings. The molecule has 24 heavy (non-hydrogen) atoms. The average molecular weight is 330 g/mol. The molecule has 0 unspecified atom stereocenters. The molecule has 0 radical (unpaired) electrons. The molecule has 6 heteroatoms. The number of nitrogens with zero attached hydrogens (tertiary/aromatic N) is 1. The smallest absolute Gasteiger partial charge is 0.253 e. The molecule has 1 aromatic carbocycles. The Morgan fingerprint density at radius 1 is 1.25 bits per heavy atom. The minimum atomic E-state index is -0.375. The minimum absolute atomic E-state index is 0.0805. The third-order valence-corrected chi connectivity index (χ3v) is 4.19. The van der Waals surface area contributed by atoms with Gasteiger partial charge in [-0.3, -0.25) is 9.59 Å². The van der Waals surface area contributed by atoms with Crippen LogP contribution in [0.1, 0.15) is 29.0 Å². The van der Waals surface area contributed by atoms with E-state index in [1.807, 2.05) is 0 Å². The van der Waals surface area contributed by atoms with Crippen molar-refractivity contribution in [2.45, 2.75) is 19.4 Å². The van der Waals surface area contributed by atoms with Gasteiger partial charge in [-0.2, -0.15) is 0 Å². The lowest BCUT2D eigenvalue weighted by molar-refractivity contribution is -0.126. The lowest BCUT2D eigenvalue weighted by atomic mass is 9.96. The molecule has 126 valence electrons. The fourth-order valence-electron chi connectivity index (χ4n) is 2.88. The SMILES string of the molecule is O=C(NCc1ccco1)[C@@H]1CCCN(C(=O)c2ccc(F)cc2)C1. The molecule has 2 heterocycles. The van der Waals surface area contributed by atoms with Gasteiger partial charge in [0.2, 0.25) is 5.91 Å². The summed E-state index contributed by atoms with van der Waals surface area (Å²) >= 11 is 0. The molecule has 1 atom stereocenters. The third kappa shape index (κ3) is 3.82. The highest BCUT2D eigenvalue weighted by Gasteiger charge is 2.28. The van der Waals surface area contributed by atoms with Gasteiger partial charge in [-0.15, -0.1) is 0 Å². The monoisotopic (exact) mass is 330 g/mol. The van der Waals surface area contributed by atoms with Crippen molar-refractivity contribution in [2.75, 3.05) is 13.1 Å². The van der Waals surface area contributed by atoms with Crippen LogP contribution in [0.4, 0.5) is 4.39 Å². The molecule has 1 aliphatic heterocycles. The van der Waals surface area contributed by atoms with Gasteiger partial charge in [-0.05, 0) is 49.2 Å². The Morgan fingerprint density at radius 2 is 2.04 bits per heavy atom. The van der Waals surface area contributed by atoms with E-state index in [9.17, 15) is 14.0 Å². The summed E-state index contributed by atoms with van der Waals surface area (Å²) in [5.41, 5.74) is 0.438. The standard InChI is InChI=1S/C18H19FN2O3/c19-15-7-5-13(6-8-15)18(23)21-9-1-3-14(12-21)17(22)20-11-16-4-2-10-24-16/h2,4-8,10,14H,1,3,9,11-12H2,(H,20,22)/t14-/m1/s1. The number of nitrogens with one attached hydrogen (secondary N) is 1. The highest BCUT2D eigenvalue weighted by atomic mass is 19.1. The molecule has 0 spiro atoms. The zero-order valence-electron chi connectivity index (χ0n) is 13.2. The van der Waals surface area contributed by atoms with Crippen molar-refractivity contribution < 1.29 is 18.4 Å². The summed E-state index contributed by atoms with van der Waals surface area (Å²) in [4.78, 5) is 26.4. The highest BCUT2D eigenvalue weighted by molar-refractivity contribution is 5.94. The summed E-state index contributed by atoms with van der Waals surface area (Å²) in [6.07, 6.45) is 3.08. The summed E-state index contributed by atoms with van der Waals surface area (Å²) < 4.78 is 18.2. The molecule has 2 amide bonds. The summed E-state index contributed by atoms with van der Waals surface area (Å²) in [6.45, 7) is 1.33. The van der Waals surface area contributed by atoms with Gasteiger partial charge in [0.15, 0.2) is 0 Å². The van der Waals surface area contributed by atoms with Gasteiger partial charge in [-0.25, -0.2) is 4.39 Å². The maximum Gasteiger partial charge on any atom is 0.253 e. The van der Waals surface area contributed by atoms with E-state index >= 15 is 0 Å². The first-order valence-electron chi connectivity index (χ1n) is 7.98. The quantitative estimate of drug-likeness (QED) is 0.937. The molecule has 0 bridgehead atoms. The number of amides is 2. The predicted molar refractivity (Wildman–Crippen MR) is 85.6 cm³/mol. The van der Waals surface area contributed by atoms with E-state index in [-0.39, 0.29) is 23.5 Å². The molecule has 1 N–H and O–H groups in total. The first-order chi connectivity index (χ1) is 11.6. The van der Waals surface area contributed by atoms with Gasteiger partial charge in [0.25, 0.3) is 5.91 Å². The van der Waals surface area contributed by atoms with Gasteiger partial charge < -0.3 is 14.6 Å². The van der Waals surface area contributed by atoms with Gasteiger partial charge in [-0.1, -0.05) is 0 Å². The van der Waals surface area contributed by atoms with Gasteiger partial charge in [0, 0.05) is 18.7 Å². The molecular formula is C18H19FN2O3. The van der Waals surface area contributed by atoms with Crippen LogP contribution in [0.2, 0.25) is 0 Å². The predicted octanol–water partition coefficient (Wildman–Crippen LogP) is 2.59. The van der Waals surface area contributed by atoms with Gasteiger partial charge in [0.05, 0.1) is 18.7 Å². The lowest BCUT2D eigenvalue weighted by Gasteiger charge is -2.32. The third-order valence-electron chi connectivity index (χ3n) is 4.19. The Labute approximate surface area is 139 Å². The lowest BCUT2D eigenvalue weighted by Crippen LogP contribution is -2.45. The van der Waals surface area contributed by atoms with E-state index in [0.29, 0.717) is 31.0 Å². The van der Waals surface area contributed by atoms with E-state index in [1.54, 1.807) is 23.3 Å². The second-order valence-corrected chi connectivity index (χ2v) is 5.89. The highest BCUT2D eigenvalue weighted by Crippen LogP contribution is 2.19. The molecule has 1 fully saturated rings. The van der Waals surface area contributed by atoms with Crippen LogP contribution in [0.15, 0.2) is 47.1 Å². The summed E-state index contributed by atoms with van der Waals surface area (Å²) in [5.74, 6) is -0.168. The molecule has 0 aliphatic carbocycles. The molecule has 1 aromatic heterocycles. The van der Waals surface area contributed by atoms with Crippen LogP contribution in [-0.2, 0) is 11.3 Å². The number of likely N-dealkylation sites (tertiary alicyclic amines) is 1. The molecule has 3 rings (SSSR count). The number of piperidine rings is 1. The second kappa shape index (κ2) is 7.29. The van der Waals surface area contributed by atoms with Crippen molar-refractivity contribution >= 4 is 11.8 Å². The molecule has 1 saturated heterocycles. The Balaban J connectivity index is 1.58. The molecular weight excluding hydrogens is 311 g/mol. The van der Waals surface area contributed by atoms with Crippen molar-refractivity contribution in [3.8, 4) is 0 Å². The maximum absolute atomic E-state index is 13.0. The van der Waals surface area contributed by atoms with Crippen molar-refractivity contribution in [3.05, 3.63) is 59.8 Å². The van der Waals surface area contributed by atoms with E-state index in [4.69, 9.17) is 4.42 Å².